The van der Waals surface area contributed by atoms with E-state index in [-0.39, 0.29) is 5.56 Å². The Morgan fingerprint density at radius 3 is 2.57 bits per heavy atom. The molecule has 3 N–H and O–H groups in total. The third-order valence-corrected chi connectivity index (χ3v) is 1.94. The van der Waals surface area contributed by atoms with Crippen LogP contribution in [-0.2, 0) is 5.60 Å². The summed E-state index contributed by atoms with van der Waals surface area (Å²) < 4.78 is 48.0. The Hall–Kier alpha value is -1.00. The predicted molar refractivity (Wildman–Crippen MR) is 49.9 cm³/mol. The third-order valence-electron chi connectivity index (χ3n) is 1.94. The average Bonchev–Trinajstić information content (AvgIpc) is 2.26. The van der Waals surface area contributed by atoms with Crippen LogP contribution in [0.25, 0.3) is 0 Å². The highest BCUT2D eigenvalue weighted by Gasteiger charge is 2.32. The van der Waals surface area contributed by atoms with Gasteiger partial charge in [0.25, 0.3) is 0 Å². The van der Waals surface area contributed by atoms with Crippen LogP contribution in [0.2, 0.25) is 0 Å². The summed E-state index contributed by atoms with van der Waals surface area (Å²) in [6, 6.07) is 3.97. The van der Waals surface area contributed by atoms with Gasteiger partial charge in [0.2, 0.25) is 0 Å². The van der Waals surface area contributed by atoms with Crippen LogP contribution in [0.3, 0.4) is 0 Å². The summed E-state index contributed by atoms with van der Waals surface area (Å²) in [5.41, 5.74) is 2.11. The van der Waals surface area contributed by atoms with Crippen LogP contribution in [-0.4, -0.2) is 17.8 Å². The van der Waals surface area contributed by atoms with E-state index in [0.717, 1.165) is 24.3 Å². The molecule has 0 bridgehead atoms. The first kappa shape index (κ1) is 7.31. The van der Waals surface area contributed by atoms with Crippen molar-refractivity contribution in [2.75, 3.05) is 6.54 Å². The van der Waals surface area contributed by atoms with Crippen molar-refractivity contribution in [1.82, 2.24) is 0 Å². The molecule has 14 heavy (non-hydrogen) atoms. The normalized spacial score (nSPS) is 21.6. The van der Waals surface area contributed by atoms with Crippen molar-refractivity contribution in [3.63, 3.8) is 0 Å². The van der Waals surface area contributed by atoms with Gasteiger partial charge in [0, 0.05) is 10.7 Å². The van der Waals surface area contributed by atoms with E-state index in [9.17, 15) is 13.9 Å². The van der Waals surface area contributed by atoms with Gasteiger partial charge in [-0.3, -0.25) is 0 Å². The highest BCUT2D eigenvalue weighted by Crippen LogP contribution is 2.26. The van der Waals surface area contributed by atoms with Crippen molar-refractivity contribution < 1.29 is 18.0 Å². The minimum atomic E-state index is -3.00. The van der Waals surface area contributed by atoms with Gasteiger partial charge in [-0.25, -0.2) is 8.78 Å². The number of nitrogens with two attached hydrogens (primary N) is 1. The molecule has 2 atom stereocenters. The number of halogens is 2. The second-order valence-corrected chi connectivity index (χ2v) is 2.98. The molecule has 0 amide bonds. The Labute approximate surface area is 85.6 Å². The fourth-order valence-electron chi connectivity index (χ4n) is 1.06. The Bertz CT molecular complexity index is 382. The molecule has 1 aromatic rings. The lowest BCUT2D eigenvalue weighted by Crippen LogP contribution is -2.38. The SMILES string of the molecule is [2H]C([2H])([2H])C(O)(c1ccc(F)cc1)C(F)CN. The van der Waals surface area contributed by atoms with Crippen molar-refractivity contribution in [3.8, 4) is 0 Å². The molecule has 0 aromatic heterocycles. The molecule has 0 saturated carbocycles. The van der Waals surface area contributed by atoms with Crippen LogP contribution in [0, 0.1) is 5.82 Å². The van der Waals surface area contributed by atoms with Crippen LogP contribution in [0.15, 0.2) is 24.3 Å². The second-order valence-electron chi connectivity index (χ2n) is 2.98. The number of hydrogen-bond donors (Lipinski definition) is 2. The van der Waals surface area contributed by atoms with E-state index in [4.69, 9.17) is 9.85 Å². The fraction of sp³-hybridized carbons (Fsp3) is 0.400. The standard InChI is InChI=1S/C10H13F2NO/c1-10(14,9(12)6-13)7-2-4-8(11)5-3-7/h2-5,9,14H,6,13H2,1H3/i1D3. The highest BCUT2D eigenvalue weighted by molar-refractivity contribution is 5.23. The van der Waals surface area contributed by atoms with E-state index in [1.807, 2.05) is 0 Å². The minimum absolute atomic E-state index is 0.225. The first-order valence-electron chi connectivity index (χ1n) is 5.56. The maximum Gasteiger partial charge on any atom is 0.145 e. The third kappa shape index (κ3) is 2.08. The lowest BCUT2D eigenvalue weighted by atomic mass is 9.91. The molecule has 0 saturated heterocycles. The second kappa shape index (κ2) is 4.02. The number of benzene rings is 1. The van der Waals surface area contributed by atoms with Crippen LogP contribution in [0.4, 0.5) is 8.78 Å². The molecule has 1 aromatic carbocycles. The largest absolute Gasteiger partial charge is 0.382 e. The number of hydrogen-bond acceptors (Lipinski definition) is 2. The summed E-state index contributed by atoms with van der Waals surface area (Å²) in [4.78, 5) is 0. The Morgan fingerprint density at radius 2 is 2.14 bits per heavy atom. The van der Waals surface area contributed by atoms with E-state index in [1.54, 1.807) is 0 Å². The molecule has 0 spiro atoms. The molecule has 0 aliphatic rings. The molecule has 0 aliphatic carbocycles. The first-order chi connectivity index (χ1) is 7.73. The molecule has 0 fully saturated rings. The van der Waals surface area contributed by atoms with Crippen LogP contribution >= 0.6 is 0 Å². The van der Waals surface area contributed by atoms with Gasteiger partial charge in [0.15, 0.2) is 0 Å². The molecule has 4 heteroatoms. The smallest absolute Gasteiger partial charge is 0.145 e. The van der Waals surface area contributed by atoms with Gasteiger partial charge in [0.1, 0.15) is 17.6 Å². The Kier molecular flexibility index (Phi) is 2.10. The van der Waals surface area contributed by atoms with E-state index in [1.165, 1.54) is 0 Å². The topological polar surface area (TPSA) is 46.2 Å². The van der Waals surface area contributed by atoms with Crippen molar-refractivity contribution in [2.24, 2.45) is 5.73 Å². The average molecular weight is 204 g/mol. The lowest BCUT2D eigenvalue weighted by molar-refractivity contribution is -0.0201. The van der Waals surface area contributed by atoms with Crippen molar-refractivity contribution >= 4 is 0 Å². The number of rotatable bonds is 3. The maximum atomic E-state index is 13.6. The lowest BCUT2D eigenvalue weighted by Gasteiger charge is -2.26. The zero-order chi connectivity index (χ0) is 13.3. The number of aliphatic hydroxyl groups is 1. The quantitative estimate of drug-likeness (QED) is 0.780. The minimum Gasteiger partial charge on any atom is -0.382 e. The van der Waals surface area contributed by atoms with Gasteiger partial charge < -0.3 is 10.8 Å². The van der Waals surface area contributed by atoms with Crippen molar-refractivity contribution in [2.45, 2.75) is 18.6 Å². The Balaban J connectivity index is 3.29. The summed E-state index contributed by atoms with van der Waals surface area (Å²) in [6.07, 6.45) is -2.17. The summed E-state index contributed by atoms with van der Waals surface area (Å²) in [7, 11) is 0. The molecule has 2 unspecified atom stereocenters. The van der Waals surface area contributed by atoms with Crippen LogP contribution in [0.1, 0.15) is 16.5 Å². The zero-order valence-electron chi connectivity index (χ0n) is 10.4. The van der Waals surface area contributed by atoms with Crippen molar-refractivity contribution in [1.29, 1.82) is 0 Å². The first-order valence-corrected chi connectivity index (χ1v) is 4.06. The van der Waals surface area contributed by atoms with Crippen molar-refractivity contribution in [3.05, 3.63) is 35.6 Å². The van der Waals surface area contributed by atoms with E-state index in [0.29, 0.717) is 0 Å². The number of alkyl halides is 1. The van der Waals surface area contributed by atoms with E-state index >= 15 is 0 Å². The van der Waals surface area contributed by atoms with Gasteiger partial charge in [0.05, 0.1) is 0 Å². The molecule has 0 heterocycles. The molecule has 0 aliphatic heterocycles. The molecule has 0 radical (unpaired) electrons. The zero-order valence-corrected chi connectivity index (χ0v) is 7.37. The summed E-state index contributed by atoms with van der Waals surface area (Å²) >= 11 is 0. The summed E-state index contributed by atoms with van der Waals surface area (Å²) in [6.45, 7) is -3.64. The van der Waals surface area contributed by atoms with Gasteiger partial charge in [-0.1, -0.05) is 12.1 Å². The molecule has 1 rings (SSSR count). The monoisotopic (exact) mass is 204 g/mol. The predicted octanol–water partition coefficient (Wildman–Crippen LogP) is 1.33. The summed E-state index contributed by atoms with van der Waals surface area (Å²) in [5, 5.41) is 10.0. The maximum absolute atomic E-state index is 13.6. The van der Waals surface area contributed by atoms with Crippen LogP contribution < -0.4 is 5.73 Å². The van der Waals surface area contributed by atoms with Crippen LogP contribution in [0.5, 0.6) is 0 Å². The van der Waals surface area contributed by atoms with Gasteiger partial charge >= 0.3 is 0 Å². The van der Waals surface area contributed by atoms with Gasteiger partial charge in [-0.15, -0.1) is 0 Å². The molecular formula is C10H13F2NO. The fourth-order valence-corrected chi connectivity index (χ4v) is 1.06. The highest BCUT2D eigenvalue weighted by atomic mass is 19.1. The molecule has 2 nitrogen and oxygen atoms in total. The van der Waals surface area contributed by atoms with E-state index < -0.39 is 31.0 Å². The summed E-state index contributed by atoms with van der Waals surface area (Å²) in [5.74, 6) is -0.607. The van der Waals surface area contributed by atoms with Gasteiger partial charge in [-0.05, 0) is 24.5 Å². The Morgan fingerprint density at radius 1 is 1.57 bits per heavy atom. The van der Waals surface area contributed by atoms with E-state index in [2.05, 4.69) is 0 Å². The molecular weight excluding hydrogens is 188 g/mol. The van der Waals surface area contributed by atoms with Gasteiger partial charge in [-0.2, -0.15) is 0 Å². The molecule has 78 valence electrons.